The number of hydrogen-bond donors (Lipinski definition) is 0. The molecule has 0 unspecified atom stereocenters. The van der Waals surface area contributed by atoms with E-state index in [2.05, 4.69) is 0 Å². The number of ketones is 1. The minimum Gasteiger partial charge on any atom is -0.497 e. The lowest BCUT2D eigenvalue weighted by Crippen LogP contribution is -1.94. The zero-order valence-corrected chi connectivity index (χ0v) is 10.9. The first kappa shape index (κ1) is 12.4. The smallest absolute Gasteiger partial charge is 0.159 e. The lowest BCUT2D eigenvalue weighted by atomic mass is 9.97. The van der Waals surface area contributed by atoms with E-state index < -0.39 is 0 Å². The summed E-state index contributed by atoms with van der Waals surface area (Å²) in [5.74, 6) is 0.920. The molecule has 2 nitrogen and oxygen atoms in total. The molecule has 0 saturated carbocycles. The zero-order valence-electron chi connectivity index (χ0n) is 10.9. The Balaban J connectivity index is 2.48. The Morgan fingerprint density at radius 1 is 1.06 bits per heavy atom. The number of carbonyl (C=O) groups is 1. The van der Waals surface area contributed by atoms with Crippen LogP contribution < -0.4 is 4.74 Å². The Labute approximate surface area is 107 Å². The molecule has 0 aromatic heterocycles. The summed E-state index contributed by atoms with van der Waals surface area (Å²) in [5, 5.41) is 0. The van der Waals surface area contributed by atoms with Crippen LogP contribution in [0.4, 0.5) is 0 Å². The van der Waals surface area contributed by atoms with Gasteiger partial charge in [-0.3, -0.25) is 4.79 Å². The Bertz CT molecular complexity index is 568. The third-order valence-corrected chi connectivity index (χ3v) is 3.05. The number of carbonyl (C=O) groups excluding carboxylic acids is 1. The maximum atomic E-state index is 11.4. The van der Waals surface area contributed by atoms with Crippen molar-refractivity contribution < 1.29 is 9.53 Å². The quantitative estimate of drug-likeness (QED) is 0.761. The largest absolute Gasteiger partial charge is 0.497 e. The summed E-state index contributed by atoms with van der Waals surface area (Å²) in [6.07, 6.45) is 0. The normalized spacial score (nSPS) is 10.2. The molecule has 0 bridgehead atoms. The monoisotopic (exact) mass is 240 g/mol. The van der Waals surface area contributed by atoms with E-state index >= 15 is 0 Å². The van der Waals surface area contributed by atoms with Crippen LogP contribution in [-0.4, -0.2) is 12.9 Å². The van der Waals surface area contributed by atoms with Gasteiger partial charge in [0.1, 0.15) is 5.75 Å². The lowest BCUT2D eigenvalue weighted by Gasteiger charge is -2.08. The molecule has 0 spiro atoms. The third-order valence-electron chi connectivity index (χ3n) is 3.05. The number of aryl methyl sites for hydroxylation is 1. The predicted octanol–water partition coefficient (Wildman–Crippen LogP) is 3.87. The highest BCUT2D eigenvalue weighted by Gasteiger charge is 2.06. The van der Waals surface area contributed by atoms with E-state index in [1.807, 2.05) is 49.4 Å². The Kier molecular flexibility index (Phi) is 3.47. The van der Waals surface area contributed by atoms with Crippen LogP contribution in [0.15, 0.2) is 42.5 Å². The molecule has 0 radical (unpaired) electrons. The lowest BCUT2D eigenvalue weighted by molar-refractivity contribution is 0.101. The molecule has 0 fully saturated rings. The number of rotatable bonds is 3. The van der Waals surface area contributed by atoms with Crippen molar-refractivity contribution in [2.24, 2.45) is 0 Å². The fourth-order valence-corrected chi connectivity index (χ4v) is 1.92. The molecular weight excluding hydrogens is 224 g/mol. The van der Waals surface area contributed by atoms with E-state index in [0.29, 0.717) is 0 Å². The first-order chi connectivity index (χ1) is 8.61. The molecule has 2 heteroatoms. The van der Waals surface area contributed by atoms with Crippen LogP contribution >= 0.6 is 0 Å². The third kappa shape index (κ3) is 2.43. The second kappa shape index (κ2) is 5.05. The molecule has 2 rings (SSSR count). The van der Waals surface area contributed by atoms with Crippen LogP contribution in [0.5, 0.6) is 5.75 Å². The van der Waals surface area contributed by atoms with Gasteiger partial charge in [0.15, 0.2) is 5.78 Å². The van der Waals surface area contributed by atoms with Crippen molar-refractivity contribution in [3.05, 3.63) is 53.6 Å². The second-order valence-corrected chi connectivity index (χ2v) is 4.31. The Hall–Kier alpha value is -2.09. The van der Waals surface area contributed by atoms with Gasteiger partial charge in [-0.2, -0.15) is 0 Å². The molecule has 0 heterocycles. The van der Waals surface area contributed by atoms with E-state index in [0.717, 1.165) is 28.0 Å². The summed E-state index contributed by atoms with van der Waals surface area (Å²) >= 11 is 0. The minimum absolute atomic E-state index is 0.0877. The zero-order chi connectivity index (χ0) is 13.1. The first-order valence-electron chi connectivity index (χ1n) is 5.88. The first-order valence-corrected chi connectivity index (χ1v) is 5.88. The predicted molar refractivity (Wildman–Crippen MR) is 73.2 cm³/mol. The maximum absolute atomic E-state index is 11.4. The average Bonchev–Trinajstić information content (AvgIpc) is 2.39. The fraction of sp³-hybridized carbons (Fsp3) is 0.188. The number of Topliss-reactive ketones (excluding diaryl/α,β-unsaturated/α-hetero) is 1. The van der Waals surface area contributed by atoms with Crippen LogP contribution in [0, 0.1) is 6.92 Å². The van der Waals surface area contributed by atoms with Gasteiger partial charge in [-0.05, 0) is 48.7 Å². The fourth-order valence-electron chi connectivity index (χ4n) is 1.92. The topological polar surface area (TPSA) is 26.3 Å². The van der Waals surface area contributed by atoms with E-state index in [4.69, 9.17) is 4.74 Å². The number of benzene rings is 2. The number of ether oxygens (including phenoxy) is 1. The van der Waals surface area contributed by atoms with E-state index in [9.17, 15) is 4.79 Å². The standard InChI is InChI=1S/C16H16O2/c1-11-4-5-14(12(2)17)10-16(11)13-6-8-15(18-3)9-7-13/h4-10H,1-3H3. The van der Waals surface area contributed by atoms with Gasteiger partial charge < -0.3 is 4.74 Å². The van der Waals surface area contributed by atoms with Gasteiger partial charge in [0.25, 0.3) is 0 Å². The highest BCUT2D eigenvalue weighted by molar-refractivity contribution is 5.95. The van der Waals surface area contributed by atoms with Gasteiger partial charge in [0, 0.05) is 5.56 Å². The Morgan fingerprint density at radius 3 is 2.28 bits per heavy atom. The van der Waals surface area contributed by atoms with Crippen molar-refractivity contribution in [1.29, 1.82) is 0 Å². The summed E-state index contributed by atoms with van der Waals surface area (Å²) in [5.41, 5.74) is 4.08. The van der Waals surface area contributed by atoms with E-state index in [-0.39, 0.29) is 5.78 Å². The van der Waals surface area contributed by atoms with Crippen LogP contribution in [0.3, 0.4) is 0 Å². The van der Waals surface area contributed by atoms with Crippen LogP contribution in [-0.2, 0) is 0 Å². The highest BCUT2D eigenvalue weighted by Crippen LogP contribution is 2.26. The molecule has 0 aliphatic heterocycles. The maximum Gasteiger partial charge on any atom is 0.159 e. The van der Waals surface area contributed by atoms with Crippen molar-refractivity contribution in [3.63, 3.8) is 0 Å². The highest BCUT2D eigenvalue weighted by atomic mass is 16.5. The summed E-state index contributed by atoms with van der Waals surface area (Å²) in [4.78, 5) is 11.4. The van der Waals surface area contributed by atoms with Gasteiger partial charge >= 0.3 is 0 Å². The van der Waals surface area contributed by atoms with E-state index in [1.54, 1.807) is 14.0 Å². The van der Waals surface area contributed by atoms with Gasteiger partial charge in [-0.1, -0.05) is 24.3 Å². The molecule has 0 aliphatic rings. The summed E-state index contributed by atoms with van der Waals surface area (Å²) in [6.45, 7) is 3.63. The molecule has 18 heavy (non-hydrogen) atoms. The molecular formula is C16H16O2. The molecule has 0 saturated heterocycles. The molecule has 2 aromatic carbocycles. The molecule has 0 N–H and O–H groups in total. The summed E-state index contributed by atoms with van der Waals surface area (Å²) in [7, 11) is 1.65. The van der Waals surface area contributed by atoms with Gasteiger partial charge in [0.05, 0.1) is 7.11 Å². The van der Waals surface area contributed by atoms with E-state index in [1.165, 1.54) is 0 Å². The molecule has 2 aromatic rings. The van der Waals surface area contributed by atoms with Gasteiger partial charge in [0.2, 0.25) is 0 Å². The Morgan fingerprint density at radius 2 is 1.72 bits per heavy atom. The van der Waals surface area contributed by atoms with Crippen molar-refractivity contribution >= 4 is 5.78 Å². The molecule has 0 atom stereocenters. The SMILES string of the molecule is COc1ccc(-c2cc(C(C)=O)ccc2C)cc1. The number of methoxy groups -OCH3 is 1. The van der Waals surface area contributed by atoms with Crippen LogP contribution in [0.2, 0.25) is 0 Å². The van der Waals surface area contributed by atoms with Crippen molar-refractivity contribution in [1.82, 2.24) is 0 Å². The second-order valence-electron chi connectivity index (χ2n) is 4.31. The molecule has 0 aliphatic carbocycles. The summed E-state index contributed by atoms with van der Waals surface area (Å²) in [6, 6.07) is 13.7. The van der Waals surface area contributed by atoms with Crippen molar-refractivity contribution in [2.75, 3.05) is 7.11 Å². The molecule has 0 amide bonds. The van der Waals surface area contributed by atoms with Crippen molar-refractivity contribution in [3.8, 4) is 16.9 Å². The minimum atomic E-state index is 0.0877. The van der Waals surface area contributed by atoms with Crippen LogP contribution in [0.1, 0.15) is 22.8 Å². The van der Waals surface area contributed by atoms with Crippen molar-refractivity contribution in [2.45, 2.75) is 13.8 Å². The van der Waals surface area contributed by atoms with Gasteiger partial charge in [-0.25, -0.2) is 0 Å². The van der Waals surface area contributed by atoms with Crippen LogP contribution in [0.25, 0.3) is 11.1 Å². The average molecular weight is 240 g/mol. The number of hydrogen-bond acceptors (Lipinski definition) is 2. The molecule has 92 valence electrons. The summed E-state index contributed by atoms with van der Waals surface area (Å²) < 4.78 is 5.14. The van der Waals surface area contributed by atoms with Gasteiger partial charge in [-0.15, -0.1) is 0 Å².